The average Bonchev–Trinajstić information content (AvgIpc) is 2.68. The topological polar surface area (TPSA) is 37.4 Å². The molecule has 1 fully saturated rings. The van der Waals surface area contributed by atoms with Crippen molar-refractivity contribution in [1.82, 2.24) is 4.90 Å². The molecule has 1 saturated heterocycles. The van der Waals surface area contributed by atoms with E-state index in [1.54, 1.807) is 4.90 Å². The predicted octanol–water partition coefficient (Wildman–Crippen LogP) is 2.20. The molecule has 0 atom stereocenters. The molecule has 0 spiro atoms. The Kier molecular flexibility index (Phi) is 3.50. The van der Waals surface area contributed by atoms with Crippen molar-refractivity contribution in [2.75, 3.05) is 6.54 Å². The first-order valence-electron chi connectivity index (χ1n) is 6.35. The van der Waals surface area contributed by atoms with Crippen LogP contribution in [0.5, 0.6) is 0 Å². The van der Waals surface area contributed by atoms with Crippen molar-refractivity contribution in [1.29, 1.82) is 0 Å². The fourth-order valence-electron chi connectivity index (χ4n) is 2.37. The number of aryl methyl sites for hydroxylation is 1. The Balaban J connectivity index is 1.99. The lowest BCUT2D eigenvalue weighted by atomic mass is 9.93. The number of hydrogen-bond acceptors (Lipinski definition) is 2. The molecule has 18 heavy (non-hydrogen) atoms. The van der Waals surface area contributed by atoms with Crippen molar-refractivity contribution in [3.05, 3.63) is 35.9 Å². The summed E-state index contributed by atoms with van der Waals surface area (Å²) in [6.45, 7) is 4.35. The second-order valence-corrected chi connectivity index (χ2v) is 5.49. The van der Waals surface area contributed by atoms with Gasteiger partial charge in [-0.15, -0.1) is 0 Å². The van der Waals surface area contributed by atoms with Crippen LogP contribution in [0.3, 0.4) is 0 Å². The molecule has 1 heterocycles. The van der Waals surface area contributed by atoms with Crippen LogP contribution in [0.15, 0.2) is 30.3 Å². The zero-order chi connectivity index (χ0) is 13.2. The maximum absolute atomic E-state index is 11.7. The van der Waals surface area contributed by atoms with Crippen LogP contribution >= 0.6 is 0 Å². The van der Waals surface area contributed by atoms with Gasteiger partial charge in [-0.25, -0.2) is 0 Å². The number of carbonyl (C=O) groups is 2. The Morgan fingerprint density at radius 3 is 2.39 bits per heavy atom. The van der Waals surface area contributed by atoms with E-state index in [9.17, 15) is 9.59 Å². The molecule has 3 heteroatoms. The molecule has 0 aromatic heterocycles. The summed E-state index contributed by atoms with van der Waals surface area (Å²) in [5, 5.41) is 0. The number of likely N-dealkylation sites (tertiary alicyclic amines) is 1. The molecule has 0 N–H and O–H groups in total. The predicted molar refractivity (Wildman–Crippen MR) is 70.2 cm³/mol. The summed E-state index contributed by atoms with van der Waals surface area (Å²) in [5.41, 5.74) is 1.02. The van der Waals surface area contributed by atoms with Gasteiger partial charge in [0, 0.05) is 5.54 Å². The number of rotatable bonds is 4. The van der Waals surface area contributed by atoms with Gasteiger partial charge in [-0.2, -0.15) is 0 Å². The zero-order valence-electron chi connectivity index (χ0n) is 11.0. The second-order valence-electron chi connectivity index (χ2n) is 5.49. The van der Waals surface area contributed by atoms with Crippen LogP contribution in [0.1, 0.15) is 32.3 Å². The lowest BCUT2D eigenvalue weighted by Crippen LogP contribution is -2.45. The van der Waals surface area contributed by atoms with Crippen LogP contribution in [0, 0.1) is 0 Å². The van der Waals surface area contributed by atoms with Crippen LogP contribution in [0.4, 0.5) is 0 Å². The quantitative estimate of drug-likeness (QED) is 0.763. The normalized spacial score (nSPS) is 16.4. The molecule has 3 nitrogen and oxygen atoms in total. The van der Waals surface area contributed by atoms with E-state index in [2.05, 4.69) is 12.1 Å². The molecule has 2 rings (SSSR count). The molecule has 1 aromatic carbocycles. The summed E-state index contributed by atoms with van der Waals surface area (Å²) >= 11 is 0. The number of nitrogens with zero attached hydrogens (tertiary/aromatic N) is 1. The second kappa shape index (κ2) is 4.92. The first kappa shape index (κ1) is 12.8. The van der Waals surface area contributed by atoms with Crippen molar-refractivity contribution in [2.24, 2.45) is 0 Å². The van der Waals surface area contributed by atoms with E-state index in [-0.39, 0.29) is 30.2 Å². The number of hydrogen-bond donors (Lipinski definition) is 0. The third-order valence-corrected chi connectivity index (χ3v) is 3.58. The third-order valence-electron chi connectivity index (χ3n) is 3.58. The Bertz CT molecular complexity index is 451. The van der Waals surface area contributed by atoms with E-state index in [1.807, 2.05) is 32.0 Å². The minimum Gasteiger partial charge on any atom is -0.330 e. The Morgan fingerprint density at radius 1 is 1.17 bits per heavy atom. The number of ketones is 1. The third kappa shape index (κ3) is 2.78. The molecule has 0 bridgehead atoms. The van der Waals surface area contributed by atoms with Crippen molar-refractivity contribution in [2.45, 2.75) is 38.6 Å². The first-order valence-corrected chi connectivity index (χ1v) is 6.35. The van der Waals surface area contributed by atoms with Gasteiger partial charge in [-0.05, 0) is 32.3 Å². The Morgan fingerprint density at radius 2 is 1.83 bits per heavy atom. The van der Waals surface area contributed by atoms with Crippen LogP contribution in [-0.2, 0) is 16.0 Å². The van der Waals surface area contributed by atoms with E-state index in [4.69, 9.17) is 0 Å². The van der Waals surface area contributed by atoms with Gasteiger partial charge in [-0.3, -0.25) is 9.59 Å². The molecular weight excluding hydrogens is 226 g/mol. The Labute approximate surface area is 108 Å². The maximum Gasteiger partial charge on any atom is 0.230 e. The summed E-state index contributed by atoms with van der Waals surface area (Å²) in [7, 11) is 0. The molecule has 0 saturated carbocycles. The molecule has 0 unspecified atom stereocenters. The Hall–Kier alpha value is -1.64. The highest BCUT2D eigenvalue weighted by atomic mass is 16.2. The van der Waals surface area contributed by atoms with Crippen LogP contribution in [-0.4, -0.2) is 28.7 Å². The monoisotopic (exact) mass is 245 g/mol. The summed E-state index contributed by atoms with van der Waals surface area (Å²) in [6.07, 6.45) is 1.87. The molecule has 96 valence electrons. The maximum atomic E-state index is 11.7. The van der Waals surface area contributed by atoms with Crippen molar-refractivity contribution < 1.29 is 9.59 Å². The van der Waals surface area contributed by atoms with E-state index in [1.165, 1.54) is 5.56 Å². The summed E-state index contributed by atoms with van der Waals surface area (Å²) in [6, 6.07) is 10.2. The minimum absolute atomic E-state index is 0.0296. The molecular formula is C15H19NO2. The lowest BCUT2D eigenvalue weighted by Gasteiger charge is -2.35. The van der Waals surface area contributed by atoms with Crippen LogP contribution in [0.2, 0.25) is 0 Å². The van der Waals surface area contributed by atoms with Gasteiger partial charge in [-0.1, -0.05) is 30.3 Å². The van der Waals surface area contributed by atoms with Gasteiger partial charge < -0.3 is 4.90 Å². The minimum atomic E-state index is -0.251. The van der Waals surface area contributed by atoms with Gasteiger partial charge in [0.2, 0.25) is 5.91 Å². The van der Waals surface area contributed by atoms with Gasteiger partial charge in [0.05, 0.1) is 13.0 Å². The van der Waals surface area contributed by atoms with E-state index in [0.29, 0.717) is 0 Å². The fourth-order valence-corrected chi connectivity index (χ4v) is 2.37. The largest absolute Gasteiger partial charge is 0.330 e. The number of Topliss-reactive ketones (excluding diaryl/α,β-unsaturated/α-hetero) is 1. The number of amides is 1. The average molecular weight is 245 g/mol. The van der Waals surface area contributed by atoms with E-state index >= 15 is 0 Å². The highest BCUT2D eigenvalue weighted by Gasteiger charge is 2.37. The standard InChI is InChI=1S/C15H19NO2/c1-15(2,16-11-13(17)10-14(16)18)9-8-12-6-4-3-5-7-12/h3-7H,8-11H2,1-2H3. The molecule has 1 aromatic rings. The number of carbonyl (C=O) groups excluding carboxylic acids is 2. The van der Waals surface area contributed by atoms with Gasteiger partial charge >= 0.3 is 0 Å². The molecule has 1 aliphatic rings. The summed E-state index contributed by atoms with van der Waals surface area (Å²) < 4.78 is 0. The SMILES string of the molecule is CC(C)(CCc1ccccc1)N1CC(=O)CC1=O. The summed E-state index contributed by atoms with van der Waals surface area (Å²) in [4.78, 5) is 24.8. The van der Waals surface area contributed by atoms with Crippen molar-refractivity contribution >= 4 is 11.7 Å². The van der Waals surface area contributed by atoms with Gasteiger partial charge in [0.15, 0.2) is 5.78 Å². The molecule has 0 aliphatic carbocycles. The smallest absolute Gasteiger partial charge is 0.230 e. The summed E-state index contributed by atoms with van der Waals surface area (Å²) in [5.74, 6) is 0.00541. The molecule has 1 aliphatic heterocycles. The highest BCUT2D eigenvalue weighted by molar-refractivity contribution is 6.05. The van der Waals surface area contributed by atoms with Crippen molar-refractivity contribution in [3.63, 3.8) is 0 Å². The van der Waals surface area contributed by atoms with Crippen LogP contribution < -0.4 is 0 Å². The number of benzene rings is 1. The lowest BCUT2D eigenvalue weighted by molar-refractivity contribution is -0.132. The highest BCUT2D eigenvalue weighted by Crippen LogP contribution is 2.25. The zero-order valence-corrected chi connectivity index (χ0v) is 11.0. The van der Waals surface area contributed by atoms with E-state index < -0.39 is 0 Å². The van der Waals surface area contributed by atoms with Gasteiger partial charge in [0.25, 0.3) is 0 Å². The molecule has 1 amide bonds. The van der Waals surface area contributed by atoms with Crippen LogP contribution in [0.25, 0.3) is 0 Å². The van der Waals surface area contributed by atoms with E-state index in [0.717, 1.165) is 12.8 Å². The fraction of sp³-hybridized carbons (Fsp3) is 0.467. The first-order chi connectivity index (χ1) is 8.49. The van der Waals surface area contributed by atoms with Gasteiger partial charge in [0.1, 0.15) is 0 Å². The van der Waals surface area contributed by atoms with Crippen molar-refractivity contribution in [3.8, 4) is 0 Å². The molecule has 0 radical (unpaired) electrons.